The maximum atomic E-state index is 5.96. The maximum absolute atomic E-state index is 5.96. The average Bonchev–Trinajstić information content (AvgIpc) is 2.54. The van der Waals surface area contributed by atoms with Crippen LogP contribution in [0.1, 0.15) is 24.2 Å². The molecule has 0 amide bonds. The second-order valence-electron chi connectivity index (χ2n) is 3.54. The molecular weight excluding hydrogens is 138 g/mol. The van der Waals surface area contributed by atoms with Gasteiger partial charge in [0.2, 0.25) is 0 Å². The van der Waals surface area contributed by atoms with Crippen molar-refractivity contribution in [3.05, 3.63) is 23.7 Å². The molecule has 0 atom stereocenters. The highest BCUT2D eigenvalue weighted by Gasteiger charge is 2.38. The van der Waals surface area contributed by atoms with Gasteiger partial charge in [-0.25, -0.2) is 0 Å². The number of nitrogens with two attached hydrogens (primary N) is 1. The minimum Gasteiger partial charge on any atom is -0.469 e. The highest BCUT2D eigenvalue weighted by atomic mass is 16.3. The normalized spacial score (nSPS) is 20.2. The van der Waals surface area contributed by atoms with Crippen molar-refractivity contribution in [3.63, 3.8) is 0 Å². The van der Waals surface area contributed by atoms with Gasteiger partial charge >= 0.3 is 0 Å². The molecule has 0 saturated heterocycles. The minimum atomic E-state index is 0.106. The van der Waals surface area contributed by atoms with Gasteiger partial charge in [0.25, 0.3) is 0 Å². The molecule has 0 aliphatic heterocycles. The van der Waals surface area contributed by atoms with Crippen LogP contribution >= 0.6 is 0 Å². The molecule has 1 heterocycles. The lowest BCUT2D eigenvalue weighted by atomic mass is 10.1. The fourth-order valence-corrected chi connectivity index (χ4v) is 1.31. The zero-order valence-corrected chi connectivity index (χ0v) is 6.76. The van der Waals surface area contributed by atoms with Crippen molar-refractivity contribution >= 4 is 0 Å². The van der Waals surface area contributed by atoms with Crippen LogP contribution in [0.15, 0.2) is 16.7 Å². The summed E-state index contributed by atoms with van der Waals surface area (Å²) in [5.74, 6) is 1.02. The molecule has 1 aliphatic carbocycles. The van der Waals surface area contributed by atoms with E-state index in [0.29, 0.717) is 0 Å². The van der Waals surface area contributed by atoms with E-state index in [1.807, 2.05) is 13.0 Å². The first kappa shape index (κ1) is 6.92. The van der Waals surface area contributed by atoms with Crippen LogP contribution in [0.2, 0.25) is 0 Å². The van der Waals surface area contributed by atoms with Crippen molar-refractivity contribution in [3.8, 4) is 0 Å². The highest BCUT2D eigenvalue weighted by molar-refractivity contribution is 5.21. The Morgan fingerprint density at radius 2 is 2.36 bits per heavy atom. The predicted octanol–water partition coefficient (Wildman–Crippen LogP) is 1.62. The van der Waals surface area contributed by atoms with E-state index in [-0.39, 0.29) is 5.54 Å². The van der Waals surface area contributed by atoms with E-state index in [2.05, 4.69) is 0 Å². The van der Waals surface area contributed by atoms with E-state index < -0.39 is 0 Å². The molecule has 1 aromatic heterocycles. The van der Waals surface area contributed by atoms with Crippen molar-refractivity contribution in [1.29, 1.82) is 0 Å². The first-order valence-electron chi connectivity index (χ1n) is 4.01. The number of aryl methyl sites for hydroxylation is 1. The van der Waals surface area contributed by atoms with Gasteiger partial charge in [-0.05, 0) is 37.8 Å². The molecule has 2 nitrogen and oxygen atoms in total. The summed E-state index contributed by atoms with van der Waals surface area (Å²) >= 11 is 0. The third-order valence-corrected chi connectivity index (χ3v) is 2.40. The van der Waals surface area contributed by atoms with E-state index >= 15 is 0 Å². The van der Waals surface area contributed by atoms with Crippen LogP contribution in [0, 0.1) is 6.92 Å². The fraction of sp³-hybridized carbons (Fsp3) is 0.556. The number of hydrogen-bond donors (Lipinski definition) is 1. The van der Waals surface area contributed by atoms with Gasteiger partial charge in [-0.3, -0.25) is 0 Å². The molecule has 1 aliphatic rings. The molecule has 2 rings (SSSR count). The van der Waals surface area contributed by atoms with E-state index in [0.717, 1.165) is 25.0 Å². The summed E-state index contributed by atoms with van der Waals surface area (Å²) in [4.78, 5) is 0. The fourth-order valence-electron chi connectivity index (χ4n) is 1.31. The summed E-state index contributed by atoms with van der Waals surface area (Å²) in [6.07, 6.45) is 5.04. The largest absolute Gasteiger partial charge is 0.469 e. The Morgan fingerprint density at radius 1 is 1.64 bits per heavy atom. The summed E-state index contributed by atoms with van der Waals surface area (Å²) in [5, 5.41) is 0. The number of furan rings is 1. The van der Waals surface area contributed by atoms with Crippen molar-refractivity contribution in [1.82, 2.24) is 0 Å². The first-order chi connectivity index (χ1) is 5.20. The van der Waals surface area contributed by atoms with Crippen molar-refractivity contribution in [2.24, 2.45) is 5.73 Å². The smallest absolute Gasteiger partial charge is 0.103 e. The maximum Gasteiger partial charge on any atom is 0.103 e. The Morgan fingerprint density at radius 3 is 2.82 bits per heavy atom. The molecule has 0 spiro atoms. The van der Waals surface area contributed by atoms with Crippen LogP contribution in [0.25, 0.3) is 0 Å². The molecule has 1 saturated carbocycles. The SMILES string of the molecule is Cc1occc1CC1(N)CC1. The van der Waals surface area contributed by atoms with Crippen LogP contribution in [0.4, 0.5) is 0 Å². The molecular formula is C9H13NO. The molecule has 11 heavy (non-hydrogen) atoms. The molecule has 60 valence electrons. The lowest BCUT2D eigenvalue weighted by molar-refractivity contribution is 0.525. The third kappa shape index (κ3) is 1.31. The van der Waals surface area contributed by atoms with Crippen LogP contribution in [-0.2, 0) is 6.42 Å². The first-order valence-corrected chi connectivity index (χ1v) is 4.01. The van der Waals surface area contributed by atoms with E-state index in [1.54, 1.807) is 6.26 Å². The van der Waals surface area contributed by atoms with Gasteiger partial charge in [-0.1, -0.05) is 0 Å². The summed E-state index contributed by atoms with van der Waals surface area (Å²) in [5.41, 5.74) is 7.34. The quantitative estimate of drug-likeness (QED) is 0.697. The van der Waals surface area contributed by atoms with Gasteiger partial charge in [0.15, 0.2) is 0 Å². The lowest BCUT2D eigenvalue weighted by Crippen LogP contribution is -2.24. The Bertz CT molecular complexity index is 260. The molecule has 0 radical (unpaired) electrons. The summed E-state index contributed by atoms with van der Waals surface area (Å²) < 4.78 is 5.18. The predicted molar refractivity (Wildman–Crippen MR) is 43.3 cm³/mol. The number of hydrogen-bond acceptors (Lipinski definition) is 2. The topological polar surface area (TPSA) is 39.2 Å². The van der Waals surface area contributed by atoms with Gasteiger partial charge in [0.05, 0.1) is 6.26 Å². The van der Waals surface area contributed by atoms with Crippen molar-refractivity contribution in [2.45, 2.75) is 31.7 Å². The minimum absolute atomic E-state index is 0.106. The van der Waals surface area contributed by atoms with Crippen LogP contribution in [-0.4, -0.2) is 5.54 Å². The summed E-state index contributed by atoms with van der Waals surface area (Å²) in [6, 6.07) is 2.02. The van der Waals surface area contributed by atoms with Gasteiger partial charge in [-0.2, -0.15) is 0 Å². The van der Waals surface area contributed by atoms with Gasteiger partial charge in [0, 0.05) is 5.54 Å². The average molecular weight is 151 g/mol. The van der Waals surface area contributed by atoms with E-state index in [1.165, 1.54) is 5.56 Å². The second kappa shape index (κ2) is 2.11. The monoisotopic (exact) mass is 151 g/mol. The van der Waals surface area contributed by atoms with Crippen LogP contribution < -0.4 is 5.73 Å². The van der Waals surface area contributed by atoms with Crippen LogP contribution in [0.3, 0.4) is 0 Å². The molecule has 1 aromatic rings. The lowest BCUT2D eigenvalue weighted by Gasteiger charge is -2.05. The zero-order valence-electron chi connectivity index (χ0n) is 6.76. The molecule has 1 fully saturated rings. The Hall–Kier alpha value is -0.760. The van der Waals surface area contributed by atoms with E-state index in [9.17, 15) is 0 Å². The Labute approximate surface area is 66.4 Å². The van der Waals surface area contributed by atoms with Gasteiger partial charge in [0.1, 0.15) is 5.76 Å². The third-order valence-electron chi connectivity index (χ3n) is 2.40. The van der Waals surface area contributed by atoms with Gasteiger partial charge in [-0.15, -0.1) is 0 Å². The Kier molecular flexibility index (Phi) is 1.33. The highest BCUT2D eigenvalue weighted by Crippen LogP contribution is 2.36. The van der Waals surface area contributed by atoms with Gasteiger partial charge < -0.3 is 10.2 Å². The van der Waals surface area contributed by atoms with E-state index in [4.69, 9.17) is 10.2 Å². The van der Waals surface area contributed by atoms with Crippen molar-refractivity contribution < 1.29 is 4.42 Å². The molecule has 0 bridgehead atoms. The zero-order chi connectivity index (χ0) is 7.90. The van der Waals surface area contributed by atoms with Crippen molar-refractivity contribution in [2.75, 3.05) is 0 Å². The standard InChI is InChI=1S/C9H13NO/c1-7-8(2-5-11-7)6-9(10)3-4-9/h2,5H,3-4,6,10H2,1H3. The summed E-state index contributed by atoms with van der Waals surface area (Å²) in [7, 11) is 0. The number of rotatable bonds is 2. The molecule has 0 aromatic carbocycles. The molecule has 0 unspecified atom stereocenters. The molecule has 2 N–H and O–H groups in total. The Balaban J connectivity index is 2.12. The molecule has 2 heteroatoms. The summed E-state index contributed by atoms with van der Waals surface area (Å²) in [6.45, 7) is 1.99. The van der Waals surface area contributed by atoms with Crippen LogP contribution in [0.5, 0.6) is 0 Å². The second-order valence-corrected chi connectivity index (χ2v) is 3.54.